The molecule has 0 bridgehead atoms. The highest BCUT2D eigenvalue weighted by Gasteiger charge is 2.17. The molecule has 1 aromatic heterocycles. The molecule has 0 fully saturated rings. The maximum absolute atomic E-state index is 12.4. The van der Waals surface area contributed by atoms with Crippen molar-refractivity contribution in [1.29, 1.82) is 0 Å². The molecule has 6 heteroatoms. The van der Waals surface area contributed by atoms with Crippen LogP contribution in [0.3, 0.4) is 0 Å². The van der Waals surface area contributed by atoms with Crippen molar-refractivity contribution in [2.75, 3.05) is 5.32 Å². The number of benzene rings is 2. The van der Waals surface area contributed by atoms with E-state index in [4.69, 9.17) is 0 Å². The van der Waals surface area contributed by atoms with Gasteiger partial charge in [0.2, 0.25) is 5.91 Å². The van der Waals surface area contributed by atoms with Gasteiger partial charge in [-0.2, -0.15) is 0 Å². The number of thioether (sulfide) groups is 1. The summed E-state index contributed by atoms with van der Waals surface area (Å²) < 4.78 is 0. The predicted molar refractivity (Wildman–Crippen MR) is 107 cm³/mol. The highest BCUT2D eigenvalue weighted by atomic mass is 32.2. The van der Waals surface area contributed by atoms with Crippen molar-refractivity contribution in [3.05, 3.63) is 64.4 Å². The molecule has 0 aliphatic heterocycles. The standard InChI is InChI=1S/C20H21N3O2S/c1-12(2)14-8-10-15(11-9-14)21-18(24)13(3)26-20-22-17-7-5-4-6-16(17)19(25)23-20/h4-13H,1-3H3,(H,21,24)(H,22,23,25). The molecule has 0 aliphatic carbocycles. The fourth-order valence-corrected chi connectivity index (χ4v) is 3.34. The number of carbonyl (C=O) groups excluding carboxylic acids is 1. The monoisotopic (exact) mass is 367 g/mol. The van der Waals surface area contributed by atoms with Crippen molar-refractivity contribution in [3.63, 3.8) is 0 Å². The third-order valence-corrected chi connectivity index (χ3v) is 5.08. The molecule has 0 saturated carbocycles. The van der Waals surface area contributed by atoms with E-state index in [-0.39, 0.29) is 11.5 Å². The maximum atomic E-state index is 12.4. The van der Waals surface area contributed by atoms with E-state index in [2.05, 4.69) is 29.1 Å². The minimum Gasteiger partial charge on any atom is -0.325 e. The Morgan fingerprint density at radius 1 is 1.08 bits per heavy atom. The van der Waals surface area contributed by atoms with Gasteiger partial charge in [-0.1, -0.05) is 49.9 Å². The number of carbonyl (C=O) groups is 1. The summed E-state index contributed by atoms with van der Waals surface area (Å²) in [6.07, 6.45) is 0. The normalized spacial score (nSPS) is 12.3. The van der Waals surface area contributed by atoms with Gasteiger partial charge in [-0.15, -0.1) is 0 Å². The van der Waals surface area contributed by atoms with Gasteiger partial charge in [0.1, 0.15) is 0 Å². The van der Waals surface area contributed by atoms with Crippen LogP contribution in [0, 0.1) is 0 Å². The zero-order valence-corrected chi connectivity index (χ0v) is 15.8. The van der Waals surface area contributed by atoms with Crippen LogP contribution in [0.2, 0.25) is 0 Å². The van der Waals surface area contributed by atoms with Gasteiger partial charge >= 0.3 is 0 Å². The fourth-order valence-electron chi connectivity index (χ4n) is 2.54. The van der Waals surface area contributed by atoms with Gasteiger partial charge in [-0.25, -0.2) is 4.98 Å². The number of fused-ring (bicyclic) bond motifs is 1. The number of anilines is 1. The second-order valence-electron chi connectivity index (χ2n) is 6.41. The molecule has 1 heterocycles. The van der Waals surface area contributed by atoms with Gasteiger partial charge in [0.25, 0.3) is 5.56 Å². The number of nitrogens with one attached hydrogen (secondary N) is 2. The van der Waals surface area contributed by atoms with E-state index >= 15 is 0 Å². The SMILES string of the molecule is CC(Sc1nc2ccccc2c(=O)[nH]1)C(=O)Nc1ccc(C(C)C)cc1. The predicted octanol–water partition coefficient (Wildman–Crippen LogP) is 4.17. The van der Waals surface area contributed by atoms with E-state index < -0.39 is 5.25 Å². The van der Waals surface area contributed by atoms with E-state index in [0.717, 1.165) is 5.69 Å². The molecule has 5 nitrogen and oxygen atoms in total. The summed E-state index contributed by atoms with van der Waals surface area (Å²) in [4.78, 5) is 31.7. The van der Waals surface area contributed by atoms with Crippen molar-refractivity contribution in [3.8, 4) is 0 Å². The van der Waals surface area contributed by atoms with Crippen LogP contribution >= 0.6 is 11.8 Å². The average molecular weight is 367 g/mol. The molecule has 134 valence electrons. The number of amides is 1. The summed E-state index contributed by atoms with van der Waals surface area (Å²) in [5, 5.41) is 3.48. The third kappa shape index (κ3) is 4.14. The number of aromatic nitrogens is 2. The van der Waals surface area contributed by atoms with E-state index in [1.54, 1.807) is 25.1 Å². The highest BCUT2D eigenvalue weighted by molar-refractivity contribution is 8.00. The quantitative estimate of drug-likeness (QED) is 0.524. The molecule has 0 aliphatic rings. The molecule has 26 heavy (non-hydrogen) atoms. The molecule has 2 N–H and O–H groups in total. The third-order valence-electron chi connectivity index (χ3n) is 4.09. The Morgan fingerprint density at radius 3 is 2.46 bits per heavy atom. The first-order valence-electron chi connectivity index (χ1n) is 8.50. The molecular weight excluding hydrogens is 346 g/mol. The Bertz CT molecular complexity index is 980. The van der Waals surface area contributed by atoms with Gasteiger partial charge in [0.05, 0.1) is 16.2 Å². The fraction of sp³-hybridized carbons (Fsp3) is 0.250. The van der Waals surface area contributed by atoms with Crippen molar-refractivity contribution in [2.24, 2.45) is 0 Å². The van der Waals surface area contributed by atoms with Crippen molar-refractivity contribution < 1.29 is 4.79 Å². The lowest BCUT2D eigenvalue weighted by atomic mass is 10.0. The molecule has 3 rings (SSSR count). The second-order valence-corrected chi connectivity index (χ2v) is 7.74. The van der Waals surface area contributed by atoms with Crippen LogP contribution < -0.4 is 10.9 Å². The Labute approximate surface area is 156 Å². The maximum Gasteiger partial charge on any atom is 0.259 e. The largest absolute Gasteiger partial charge is 0.325 e. The van der Waals surface area contributed by atoms with Crippen LogP contribution in [0.1, 0.15) is 32.3 Å². The molecular formula is C20H21N3O2S. The summed E-state index contributed by atoms with van der Waals surface area (Å²) in [7, 11) is 0. The first-order chi connectivity index (χ1) is 12.4. The smallest absolute Gasteiger partial charge is 0.259 e. The molecule has 0 spiro atoms. The van der Waals surface area contributed by atoms with Crippen LogP contribution in [0.15, 0.2) is 58.5 Å². The Kier molecular flexibility index (Phi) is 5.42. The summed E-state index contributed by atoms with van der Waals surface area (Å²) in [5.74, 6) is 0.313. The van der Waals surface area contributed by atoms with E-state index in [1.165, 1.54) is 17.3 Å². The Morgan fingerprint density at radius 2 is 1.77 bits per heavy atom. The highest BCUT2D eigenvalue weighted by Crippen LogP contribution is 2.22. The zero-order chi connectivity index (χ0) is 18.7. The van der Waals surface area contributed by atoms with Crippen LogP contribution in [-0.2, 0) is 4.79 Å². The Balaban J connectivity index is 1.70. The number of hydrogen-bond acceptors (Lipinski definition) is 4. The zero-order valence-electron chi connectivity index (χ0n) is 14.9. The van der Waals surface area contributed by atoms with Crippen LogP contribution in [0.5, 0.6) is 0 Å². The van der Waals surface area contributed by atoms with Crippen molar-refractivity contribution >= 4 is 34.3 Å². The van der Waals surface area contributed by atoms with Gasteiger partial charge in [-0.3, -0.25) is 9.59 Å². The lowest BCUT2D eigenvalue weighted by molar-refractivity contribution is -0.115. The first kappa shape index (κ1) is 18.2. The van der Waals surface area contributed by atoms with E-state index in [9.17, 15) is 9.59 Å². The van der Waals surface area contributed by atoms with Crippen LogP contribution in [0.4, 0.5) is 5.69 Å². The molecule has 1 amide bonds. The average Bonchev–Trinajstić information content (AvgIpc) is 2.62. The summed E-state index contributed by atoms with van der Waals surface area (Å²) in [6, 6.07) is 15.0. The van der Waals surface area contributed by atoms with Gasteiger partial charge in [-0.05, 0) is 42.7 Å². The molecule has 1 unspecified atom stereocenters. The lowest BCUT2D eigenvalue weighted by Crippen LogP contribution is -2.23. The number of nitrogens with zero attached hydrogens (tertiary/aromatic N) is 1. The van der Waals surface area contributed by atoms with Gasteiger partial charge in [0, 0.05) is 5.69 Å². The number of H-pyrrole nitrogens is 1. The number of rotatable bonds is 5. The molecule has 3 aromatic rings. The van der Waals surface area contributed by atoms with Crippen LogP contribution in [0.25, 0.3) is 10.9 Å². The molecule has 2 aromatic carbocycles. The minimum atomic E-state index is -0.399. The minimum absolute atomic E-state index is 0.136. The molecule has 0 radical (unpaired) electrons. The van der Waals surface area contributed by atoms with Crippen molar-refractivity contribution in [2.45, 2.75) is 37.1 Å². The van der Waals surface area contributed by atoms with Gasteiger partial charge in [0.15, 0.2) is 5.16 Å². The number of hydrogen-bond donors (Lipinski definition) is 2. The Hall–Kier alpha value is -2.60. The van der Waals surface area contributed by atoms with E-state index in [0.29, 0.717) is 22.0 Å². The lowest BCUT2D eigenvalue weighted by Gasteiger charge is -2.12. The molecule has 0 saturated heterocycles. The van der Waals surface area contributed by atoms with Crippen LogP contribution in [-0.4, -0.2) is 21.1 Å². The summed E-state index contributed by atoms with van der Waals surface area (Å²) >= 11 is 1.23. The number of para-hydroxylation sites is 1. The first-order valence-corrected chi connectivity index (χ1v) is 9.38. The van der Waals surface area contributed by atoms with Gasteiger partial charge < -0.3 is 10.3 Å². The number of aromatic amines is 1. The van der Waals surface area contributed by atoms with E-state index in [1.807, 2.05) is 30.3 Å². The second kappa shape index (κ2) is 7.74. The summed E-state index contributed by atoms with van der Waals surface area (Å²) in [5.41, 5.74) is 2.40. The summed E-state index contributed by atoms with van der Waals surface area (Å²) in [6.45, 7) is 6.05. The van der Waals surface area contributed by atoms with Crippen molar-refractivity contribution in [1.82, 2.24) is 9.97 Å². The topological polar surface area (TPSA) is 74.8 Å². The molecule has 1 atom stereocenters.